The molecule has 0 aromatic heterocycles. The molecule has 1 heterocycles. The molecule has 1 aliphatic carbocycles. The first-order valence-corrected chi connectivity index (χ1v) is 7.79. The molecule has 2 aliphatic rings. The zero-order valence-corrected chi connectivity index (χ0v) is 12.3. The highest BCUT2D eigenvalue weighted by molar-refractivity contribution is 7.97. The van der Waals surface area contributed by atoms with Crippen LogP contribution in [0.4, 0.5) is 4.39 Å². The van der Waals surface area contributed by atoms with Crippen LogP contribution in [-0.2, 0) is 0 Å². The lowest BCUT2D eigenvalue weighted by Crippen LogP contribution is -2.23. The number of benzene rings is 1. The van der Waals surface area contributed by atoms with E-state index in [1.807, 2.05) is 0 Å². The lowest BCUT2D eigenvalue weighted by Gasteiger charge is -2.32. The number of allylic oxidation sites excluding steroid dienone is 3. The van der Waals surface area contributed by atoms with Crippen LogP contribution in [0.5, 0.6) is 0 Å². The van der Waals surface area contributed by atoms with Crippen molar-refractivity contribution >= 4 is 17.9 Å². The molecule has 0 saturated heterocycles. The van der Waals surface area contributed by atoms with Gasteiger partial charge in [0.15, 0.2) is 0 Å². The Hall–Kier alpha value is -1.75. The summed E-state index contributed by atoms with van der Waals surface area (Å²) in [5, 5.41) is 8.86. The number of nitrogens with zero attached hydrogens (tertiary/aromatic N) is 1. The van der Waals surface area contributed by atoms with Gasteiger partial charge in [-0.1, -0.05) is 6.08 Å². The second-order valence-corrected chi connectivity index (χ2v) is 6.27. The van der Waals surface area contributed by atoms with Gasteiger partial charge in [-0.15, -0.1) is 0 Å². The van der Waals surface area contributed by atoms with Gasteiger partial charge in [0.05, 0.1) is 5.56 Å². The highest BCUT2D eigenvalue weighted by Gasteiger charge is 2.21. The Bertz CT molecular complexity index is 639. The molecule has 110 valence electrons. The van der Waals surface area contributed by atoms with Gasteiger partial charge in [-0.25, -0.2) is 9.18 Å². The highest BCUT2D eigenvalue weighted by atomic mass is 32.2. The van der Waals surface area contributed by atoms with E-state index in [1.54, 1.807) is 6.07 Å². The molecule has 0 amide bonds. The summed E-state index contributed by atoms with van der Waals surface area (Å²) in [7, 11) is 0. The lowest BCUT2D eigenvalue weighted by molar-refractivity contribution is 0.0692. The minimum atomic E-state index is -1.23. The molecular weight excluding hydrogens is 289 g/mol. The summed E-state index contributed by atoms with van der Waals surface area (Å²) in [5.74, 6) is -1.92. The fourth-order valence-electron chi connectivity index (χ4n) is 2.72. The van der Waals surface area contributed by atoms with Crippen LogP contribution in [0.25, 0.3) is 0 Å². The van der Waals surface area contributed by atoms with Crippen LogP contribution in [0.2, 0.25) is 0 Å². The van der Waals surface area contributed by atoms with E-state index in [1.165, 1.54) is 35.4 Å². The van der Waals surface area contributed by atoms with Crippen LogP contribution in [-0.4, -0.2) is 21.9 Å². The van der Waals surface area contributed by atoms with Crippen molar-refractivity contribution in [3.8, 4) is 0 Å². The maximum Gasteiger partial charge on any atom is 0.338 e. The smallest absolute Gasteiger partial charge is 0.338 e. The second kappa shape index (κ2) is 5.93. The van der Waals surface area contributed by atoms with Crippen LogP contribution in [0, 0.1) is 5.82 Å². The molecule has 1 N–H and O–H groups in total. The van der Waals surface area contributed by atoms with Crippen LogP contribution < -0.4 is 0 Å². The number of aromatic carboxylic acids is 1. The Morgan fingerprint density at radius 1 is 1.33 bits per heavy atom. The molecule has 0 bridgehead atoms. The average Bonchev–Trinajstić information content (AvgIpc) is 2.47. The van der Waals surface area contributed by atoms with Crippen LogP contribution in [0.15, 0.2) is 46.5 Å². The summed E-state index contributed by atoms with van der Waals surface area (Å²) in [6.07, 6.45) is 8.77. The third-order valence-corrected chi connectivity index (χ3v) is 4.81. The van der Waals surface area contributed by atoms with Crippen LogP contribution >= 0.6 is 11.9 Å². The molecule has 0 fully saturated rings. The number of halogens is 1. The zero-order chi connectivity index (χ0) is 14.8. The Labute approximate surface area is 127 Å². The number of rotatable bonds is 3. The number of carboxylic acids is 1. The van der Waals surface area contributed by atoms with Gasteiger partial charge < -0.3 is 9.41 Å². The Morgan fingerprint density at radius 2 is 2.19 bits per heavy atom. The molecule has 21 heavy (non-hydrogen) atoms. The van der Waals surface area contributed by atoms with Crippen molar-refractivity contribution in [3.05, 3.63) is 53.0 Å². The van der Waals surface area contributed by atoms with Crippen molar-refractivity contribution < 1.29 is 14.3 Å². The molecule has 0 atom stereocenters. The van der Waals surface area contributed by atoms with Gasteiger partial charge in [0.25, 0.3) is 0 Å². The van der Waals surface area contributed by atoms with E-state index in [0.29, 0.717) is 0 Å². The average molecular weight is 305 g/mol. The van der Waals surface area contributed by atoms with Crippen LogP contribution in [0.3, 0.4) is 0 Å². The number of carboxylic acid groups (broad SMARTS) is 1. The SMILES string of the molecule is O=C(O)c1ccc(SN2CCCC3=C2C=CCC3)cc1F. The van der Waals surface area contributed by atoms with Gasteiger partial charge in [-0.05, 0) is 67.5 Å². The summed E-state index contributed by atoms with van der Waals surface area (Å²) in [4.78, 5) is 11.6. The van der Waals surface area contributed by atoms with E-state index in [9.17, 15) is 9.18 Å². The molecular formula is C16H16FNO2S. The first kappa shape index (κ1) is 14.2. The monoisotopic (exact) mass is 305 g/mol. The normalized spacial score (nSPS) is 17.9. The third kappa shape index (κ3) is 2.97. The van der Waals surface area contributed by atoms with Gasteiger partial charge >= 0.3 is 5.97 Å². The highest BCUT2D eigenvalue weighted by Crippen LogP contribution is 2.37. The van der Waals surface area contributed by atoms with E-state index in [2.05, 4.69) is 16.5 Å². The minimum Gasteiger partial charge on any atom is -0.478 e. The van der Waals surface area contributed by atoms with E-state index in [-0.39, 0.29) is 5.56 Å². The van der Waals surface area contributed by atoms with Gasteiger partial charge in [0, 0.05) is 17.1 Å². The number of hydrogen-bond donors (Lipinski definition) is 1. The summed E-state index contributed by atoms with van der Waals surface area (Å²) in [6.45, 7) is 0.927. The van der Waals surface area contributed by atoms with E-state index >= 15 is 0 Å². The summed E-state index contributed by atoms with van der Waals surface area (Å²) in [6, 6.07) is 4.30. The zero-order valence-electron chi connectivity index (χ0n) is 11.5. The maximum absolute atomic E-state index is 13.7. The lowest BCUT2D eigenvalue weighted by atomic mass is 9.95. The molecule has 1 aromatic carbocycles. The predicted octanol–water partition coefficient (Wildman–Crippen LogP) is 4.23. The van der Waals surface area contributed by atoms with Crippen molar-refractivity contribution in [1.82, 2.24) is 4.31 Å². The molecule has 0 radical (unpaired) electrons. The molecule has 3 rings (SSSR count). The van der Waals surface area contributed by atoms with Gasteiger partial charge in [-0.3, -0.25) is 0 Å². The molecule has 0 unspecified atom stereocenters. The second-order valence-electron chi connectivity index (χ2n) is 5.17. The van der Waals surface area contributed by atoms with Crippen molar-refractivity contribution in [1.29, 1.82) is 0 Å². The van der Waals surface area contributed by atoms with Gasteiger partial charge in [0.1, 0.15) is 5.82 Å². The van der Waals surface area contributed by atoms with Gasteiger partial charge in [0.2, 0.25) is 0 Å². The van der Waals surface area contributed by atoms with Crippen molar-refractivity contribution in [2.45, 2.75) is 30.6 Å². The van der Waals surface area contributed by atoms with E-state index < -0.39 is 11.8 Å². The fraction of sp³-hybridized carbons (Fsp3) is 0.312. The summed E-state index contributed by atoms with van der Waals surface area (Å²) in [5.41, 5.74) is 2.43. The molecule has 3 nitrogen and oxygen atoms in total. The fourth-order valence-corrected chi connectivity index (χ4v) is 3.76. The third-order valence-electron chi connectivity index (χ3n) is 3.75. The molecule has 1 aliphatic heterocycles. The Balaban J connectivity index is 1.82. The summed E-state index contributed by atoms with van der Waals surface area (Å²) < 4.78 is 15.9. The number of carbonyl (C=O) groups is 1. The van der Waals surface area contributed by atoms with E-state index in [4.69, 9.17) is 5.11 Å². The quantitative estimate of drug-likeness (QED) is 0.848. The minimum absolute atomic E-state index is 0.282. The molecule has 0 spiro atoms. The first-order valence-electron chi connectivity index (χ1n) is 7.02. The summed E-state index contributed by atoms with van der Waals surface area (Å²) >= 11 is 1.48. The van der Waals surface area contributed by atoms with Crippen molar-refractivity contribution in [3.63, 3.8) is 0 Å². The standard InChI is InChI=1S/C16H16FNO2S/c17-14-10-12(7-8-13(14)16(19)20)21-18-9-3-5-11-4-1-2-6-15(11)18/h2,6-8,10H,1,3-5,9H2,(H,19,20). The van der Waals surface area contributed by atoms with Gasteiger partial charge in [-0.2, -0.15) is 0 Å². The molecule has 1 aromatic rings. The van der Waals surface area contributed by atoms with Crippen molar-refractivity contribution in [2.75, 3.05) is 6.54 Å². The molecule has 0 saturated carbocycles. The Morgan fingerprint density at radius 3 is 2.95 bits per heavy atom. The predicted molar refractivity (Wildman–Crippen MR) is 80.6 cm³/mol. The number of hydrogen-bond acceptors (Lipinski definition) is 3. The topological polar surface area (TPSA) is 40.5 Å². The van der Waals surface area contributed by atoms with E-state index in [0.717, 1.165) is 37.1 Å². The first-order chi connectivity index (χ1) is 10.1. The van der Waals surface area contributed by atoms with Crippen LogP contribution in [0.1, 0.15) is 36.0 Å². The Kier molecular flexibility index (Phi) is 4.01. The van der Waals surface area contributed by atoms with Crippen molar-refractivity contribution in [2.24, 2.45) is 0 Å². The largest absolute Gasteiger partial charge is 0.478 e. The molecule has 5 heteroatoms. The maximum atomic E-state index is 13.7.